The summed E-state index contributed by atoms with van der Waals surface area (Å²) in [6, 6.07) is 0. The molecule has 0 bridgehead atoms. The Hall–Kier alpha value is -1.19. The zero-order valence-corrected chi connectivity index (χ0v) is 11.0. The Morgan fingerprint density at radius 1 is 1.33 bits per heavy atom. The molecular formula is C9H18N2O6S. The van der Waals surface area contributed by atoms with Crippen LogP contribution in [0.25, 0.3) is 0 Å². The lowest BCUT2D eigenvalue weighted by Crippen LogP contribution is -2.39. The molecule has 0 fully saturated rings. The number of carboxylic acid groups (broad SMARTS) is 1. The minimum absolute atomic E-state index is 0.0329. The van der Waals surface area contributed by atoms with E-state index in [-0.39, 0.29) is 25.3 Å². The van der Waals surface area contributed by atoms with E-state index >= 15 is 0 Å². The lowest BCUT2D eigenvalue weighted by molar-refractivity contribution is -0.136. The van der Waals surface area contributed by atoms with Gasteiger partial charge in [-0.3, -0.25) is 9.59 Å². The Balaban J connectivity index is 3.79. The molecule has 0 unspecified atom stereocenters. The molecule has 0 saturated carbocycles. The van der Waals surface area contributed by atoms with Gasteiger partial charge in [-0.05, 0) is 6.92 Å². The maximum absolute atomic E-state index is 11.3. The number of carboxylic acids is 1. The molecule has 0 aliphatic carbocycles. The van der Waals surface area contributed by atoms with Crippen LogP contribution in [0.15, 0.2) is 0 Å². The van der Waals surface area contributed by atoms with Crippen LogP contribution in [0.1, 0.15) is 13.3 Å². The van der Waals surface area contributed by atoms with E-state index in [2.05, 4.69) is 10.0 Å². The molecule has 18 heavy (non-hydrogen) atoms. The number of hydrogen-bond acceptors (Lipinski definition) is 5. The van der Waals surface area contributed by atoms with Gasteiger partial charge in [-0.15, -0.1) is 0 Å². The smallest absolute Gasteiger partial charge is 0.305 e. The highest BCUT2D eigenvalue weighted by Gasteiger charge is 2.12. The van der Waals surface area contributed by atoms with E-state index in [1.165, 1.54) is 0 Å². The molecule has 0 atom stereocenters. The van der Waals surface area contributed by atoms with Crippen molar-refractivity contribution in [2.24, 2.45) is 0 Å². The van der Waals surface area contributed by atoms with Gasteiger partial charge in [-0.2, -0.15) is 0 Å². The molecule has 3 N–H and O–H groups in total. The van der Waals surface area contributed by atoms with Crippen molar-refractivity contribution in [3.63, 3.8) is 0 Å². The molecule has 0 rings (SSSR count). The van der Waals surface area contributed by atoms with Crippen LogP contribution in [0.5, 0.6) is 0 Å². The third-order valence-electron chi connectivity index (χ3n) is 1.81. The quantitative estimate of drug-likeness (QED) is 0.421. The zero-order chi connectivity index (χ0) is 14.0. The molecule has 0 spiro atoms. The standard InChI is InChI=1S/C9H18N2O6S/c1-2-17-5-6-18(15,16)11-7-8(12)10-4-3-9(13)14/h11H,2-7H2,1H3,(H,10,12)(H,13,14). The Morgan fingerprint density at radius 2 is 2.00 bits per heavy atom. The highest BCUT2D eigenvalue weighted by atomic mass is 32.2. The fourth-order valence-electron chi connectivity index (χ4n) is 0.932. The molecule has 9 heteroatoms. The van der Waals surface area contributed by atoms with Crippen LogP contribution in [-0.4, -0.2) is 57.5 Å². The molecule has 1 amide bonds. The summed E-state index contributed by atoms with van der Waals surface area (Å²) in [5, 5.41) is 10.6. The number of ether oxygens (including phenoxy) is 1. The number of amides is 1. The Labute approximate surface area is 106 Å². The van der Waals surface area contributed by atoms with Gasteiger partial charge in [0.15, 0.2) is 0 Å². The van der Waals surface area contributed by atoms with Crippen LogP contribution in [0.4, 0.5) is 0 Å². The summed E-state index contributed by atoms with van der Waals surface area (Å²) in [5.74, 6) is -1.83. The van der Waals surface area contributed by atoms with E-state index in [9.17, 15) is 18.0 Å². The van der Waals surface area contributed by atoms with Crippen molar-refractivity contribution in [1.82, 2.24) is 10.0 Å². The fourth-order valence-corrected chi connectivity index (χ4v) is 1.76. The zero-order valence-electron chi connectivity index (χ0n) is 10.1. The van der Waals surface area contributed by atoms with Crippen molar-refractivity contribution >= 4 is 21.9 Å². The summed E-state index contributed by atoms with van der Waals surface area (Å²) < 4.78 is 29.6. The van der Waals surface area contributed by atoms with Crippen molar-refractivity contribution in [3.05, 3.63) is 0 Å². The second-order valence-electron chi connectivity index (χ2n) is 3.33. The summed E-state index contributed by atoms with van der Waals surface area (Å²) in [5.41, 5.74) is 0. The normalized spacial score (nSPS) is 11.2. The minimum Gasteiger partial charge on any atom is -0.481 e. The molecule has 0 aromatic heterocycles. The second kappa shape index (κ2) is 8.84. The SMILES string of the molecule is CCOCCS(=O)(=O)NCC(=O)NCCC(=O)O. The van der Waals surface area contributed by atoms with Gasteiger partial charge in [-0.1, -0.05) is 0 Å². The number of sulfonamides is 1. The van der Waals surface area contributed by atoms with Crippen LogP contribution in [-0.2, 0) is 24.3 Å². The molecular weight excluding hydrogens is 264 g/mol. The highest BCUT2D eigenvalue weighted by molar-refractivity contribution is 7.89. The highest BCUT2D eigenvalue weighted by Crippen LogP contribution is 1.85. The van der Waals surface area contributed by atoms with Crippen molar-refractivity contribution < 1.29 is 27.9 Å². The van der Waals surface area contributed by atoms with Gasteiger partial charge >= 0.3 is 5.97 Å². The van der Waals surface area contributed by atoms with Crippen LogP contribution in [0.2, 0.25) is 0 Å². The Morgan fingerprint density at radius 3 is 2.56 bits per heavy atom. The number of aliphatic carboxylic acids is 1. The van der Waals surface area contributed by atoms with Crippen molar-refractivity contribution in [2.75, 3.05) is 32.1 Å². The summed E-state index contributed by atoms with van der Waals surface area (Å²) in [6.07, 6.45) is -0.206. The minimum atomic E-state index is -3.54. The van der Waals surface area contributed by atoms with Crippen LogP contribution in [0.3, 0.4) is 0 Å². The van der Waals surface area contributed by atoms with Gasteiger partial charge in [0.25, 0.3) is 0 Å². The maximum atomic E-state index is 11.3. The molecule has 0 heterocycles. The molecule has 0 radical (unpaired) electrons. The van der Waals surface area contributed by atoms with E-state index in [1.807, 2.05) is 0 Å². The Kier molecular flexibility index (Phi) is 8.25. The number of carbonyl (C=O) groups is 2. The molecule has 0 aliphatic heterocycles. The summed E-state index contributed by atoms with van der Waals surface area (Å²) in [7, 11) is -3.54. The number of rotatable bonds is 10. The van der Waals surface area contributed by atoms with Gasteiger partial charge in [0, 0.05) is 13.2 Å². The van der Waals surface area contributed by atoms with Crippen LogP contribution < -0.4 is 10.0 Å². The Bertz CT molecular complexity index is 367. The van der Waals surface area contributed by atoms with Crippen molar-refractivity contribution in [2.45, 2.75) is 13.3 Å². The van der Waals surface area contributed by atoms with Crippen molar-refractivity contribution in [1.29, 1.82) is 0 Å². The predicted octanol–water partition coefficient (Wildman–Crippen LogP) is -1.47. The van der Waals surface area contributed by atoms with E-state index in [0.29, 0.717) is 6.61 Å². The van der Waals surface area contributed by atoms with Gasteiger partial charge in [0.1, 0.15) is 0 Å². The third-order valence-corrected chi connectivity index (χ3v) is 3.10. The lowest BCUT2D eigenvalue weighted by atomic mass is 10.4. The first-order valence-electron chi connectivity index (χ1n) is 5.41. The molecule has 106 valence electrons. The number of hydrogen-bond donors (Lipinski definition) is 3. The second-order valence-corrected chi connectivity index (χ2v) is 5.26. The molecule has 0 aliphatic rings. The first kappa shape index (κ1) is 16.8. The summed E-state index contributed by atoms with van der Waals surface area (Å²) in [6.45, 7) is 1.79. The van der Waals surface area contributed by atoms with Gasteiger partial charge < -0.3 is 15.2 Å². The molecule has 0 saturated heterocycles. The third kappa shape index (κ3) is 10.00. The molecule has 0 aromatic rings. The molecule has 8 nitrogen and oxygen atoms in total. The number of carbonyl (C=O) groups excluding carboxylic acids is 1. The first-order valence-corrected chi connectivity index (χ1v) is 7.06. The van der Waals surface area contributed by atoms with E-state index in [0.717, 1.165) is 0 Å². The summed E-state index contributed by atoms with van der Waals surface area (Å²) >= 11 is 0. The van der Waals surface area contributed by atoms with Crippen LogP contribution in [0, 0.1) is 0 Å². The monoisotopic (exact) mass is 282 g/mol. The molecule has 0 aromatic carbocycles. The lowest BCUT2D eigenvalue weighted by Gasteiger charge is -2.07. The van der Waals surface area contributed by atoms with E-state index in [1.54, 1.807) is 6.92 Å². The van der Waals surface area contributed by atoms with Gasteiger partial charge in [-0.25, -0.2) is 13.1 Å². The number of nitrogens with one attached hydrogen (secondary N) is 2. The predicted molar refractivity (Wildman–Crippen MR) is 63.5 cm³/mol. The van der Waals surface area contributed by atoms with Crippen molar-refractivity contribution in [3.8, 4) is 0 Å². The topological polar surface area (TPSA) is 122 Å². The summed E-state index contributed by atoms with van der Waals surface area (Å²) in [4.78, 5) is 21.3. The largest absolute Gasteiger partial charge is 0.481 e. The maximum Gasteiger partial charge on any atom is 0.305 e. The van der Waals surface area contributed by atoms with E-state index in [4.69, 9.17) is 9.84 Å². The van der Waals surface area contributed by atoms with Crippen LogP contribution >= 0.6 is 0 Å². The average Bonchev–Trinajstić information content (AvgIpc) is 2.26. The van der Waals surface area contributed by atoms with Gasteiger partial charge in [0.05, 0.1) is 25.3 Å². The van der Waals surface area contributed by atoms with E-state index < -0.39 is 28.4 Å². The van der Waals surface area contributed by atoms with Gasteiger partial charge in [0.2, 0.25) is 15.9 Å². The first-order chi connectivity index (χ1) is 8.37. The fraction of sp³-hybridized carbons (Fsp3) is 0.778. The average molecular weight is 282 g/mol.